The summed E-state index contributed by atoms with van der Waals surface area (Å²) in [4.78, 5) is 24.6. The van der Waals surface area contributed by atoms with E-state index in [-0.39, 0.29) is 12.6 Å². The standard InChI is InChI=1S/C16H20O5/c1-4-5-15-10(14(2,3)19)7-16(11(15)8-17)13(6-12(15)18)20-9-21-16/h4,6,8,10-11,19H,1,5,7,9H2,2-3H3/t10-,11-,15+,16+/m1/s1. The molecule has 1 aliphatic heterocycles. The lowest BCUT2D eigenvalue weighted by atomic mass is 9.60. The van der Waals surface area contributed by atoms with Crippen molar-refractivity contribution in [1.82, 2.24) is 0 Å². The average molecular weight is 292 g/mol. The Bertz CT molecular complexity index is 543. The summed E-state index contributed by atoms with van der Waals surface area (Å²) in [6.45, 7) is 7.10. The molecular formula is C16H20O5. The van der Waals surface area contributed by atoms with Gasteiger partial charge in [0.1, 0.15) is 17.6 Å². The number of hydrogen-bond acceptors (Lipinski definition) is 5. The van der Waals surface area contributed by atoms with Gasteiger partial charge < -0.3 is 19.4 Å². The fourth-order valence-corrected chi connectivity index (χ4v) is 4.50. The van der Waals surface area contributed by atoms with Gasteiger partial charge in [-0.15, -0.1) is 6.58 Å². The minimum absolute atomic E-state index is 0.0339. The third-order valence-electron chi connectivity index (χ3n) is 5.33. The van der Waals surface area contributed by atoms with Gasteiger partial charge in [-0.05, 0) is 26.7 Å². The van der Waals surface area contributed by atoms with E-state index in [2.05, 4.69) is 6.58 Å². The monoisotopic (exact) mass is 292 g/mol. The third kappa shape index (κ3) is 1.59. The molecule has 3 aliphatic rings. The van der Waals surface area contributed by atoms with Gasteiger partial charge in [0, 0.05) is 12.0 Å². The van der Waals surface area contributed by atoms with Gasteiger partial charge in [-0.3, -0.25) is 4.79 Å². The van der Waals surface area contributed by atoms with Crippen LogP contribution in [-0.2, 0) is 19.1 Å². The molecule has 2 aliphatic carbocycles. The van der Waals surface area contributed by atoms with E-state index in [0.717, 1.165) is 6.29 Å². The first-order valence-electron chi connectivity index (χ1n) is 7.15. The number of rotatable bonds is 4. The molecule has 2 fully saturated rings. The molecule has 5 nitrogen and oxygen atoms in total. The quantitative estimate of drug-likeness (QED) is 0.626. The van der Waals surface area contributed by atoms with E-state index in [0.29, 0.717) is 18.6 Å². The predicted molar refractivity (Wildman–Crippen MR) is 74.1 cm³/mol. The van der Waals surface area contributed by atoms with Gasteiger partial charge in [-0.25, -0.2) is 0 Å². The fraction of sp³-hybridized carbons (Fsp3) is 0.625. The van der Waals surface area contributed by atoms with Crippen LogP contribution in [0.4, 0.5) is 0 Å². The van der Waals surface area contributed by atoms with Crippen LogP contribution in [0.1, 0.15) is 26.7 Å². The smallest absolute Gasteiger partial charge is 0.189 e. The Morgan fingerprint density at radius 3 is 2.86 bits per heavy atom. The van der Waals surface area contributed by atoms with Crippen LogP contribution in [0.5, 0.6) is 0 Å². The molecule has 0 radical (unpaired) electrons. The zero-order valence-corrected chi connectivity index (χ0v) is 12.3. The molecule has 0 aromatic rings. The van der Waals surface area contributed by atoms with Crippen molar-refractivity contribution in [3.05, 3.63) is 24.5 Å². The van der Waals surface area contributed by atoms with Crippen LogP contribution < -0.4 is 0 Å². The summed E-state index contributed by atoms with van der Waals surface area (Å²) in [6, 6.07) is 0. The molecular weight excluding hydrogens is 272 g/mol. The molecule has 1 saturated heterocycles. The normalized spacial score (nSPS) is 41.3. The number of aliphatic hydroxyl groups is 1. The number of allylic oxidation sites excluding steroid dienone is 2. The molecule has 114 valence electrons. The summed E-state index contributed by atoms with van der Waals surface area (Å²) >= 11 is 0. The molecule has 21 heavy (non-hydrogen) atoms. The van der Waals surface area contributed by atoms with Crippen molar-refractivity contribution in [3.63, 3.8) is 0 Å². The highest BCUT2D eigenvalue weighted by Crippen LogP contribution is 2.65. The van der Waals surface area contributed by atoms with E-state index in [1.54, 1.807) is 19.9 Å². The SMILES string of the molecule is C=CC[C@]12C(=O)C=C3OCO[C@@]3(C[C@@H]1C(C)(C)O)[C@@H]2C=O. The Balaban J connectivity index is 2.25. The predicted octanol–water partition coefficient (Wildman–Crippen LogP) is 1.36. The van der Waals surface area contributed by atoms with Crippen molar-refractivity contribution in [2.24, 2.45) is 17.3 Å². The summed E-state index contributed by atoms with van der Waals surface area (Å²) in [6.07, 6.45) is 4.60. The molecule has 0 aromatic heterocycles. The van der Waals surface area contributed by atoms with Gasteiger partial charge in [-0.2, -0.15) is 0 Å². The number of ether oxygens (including phenoxy) is 2. The van der Waals surface area contributed by atoms with Crippen molar-refractivity contribution in [3.8, 4) is 0 Å². The third-order valence-corrected chi connectivity index (χ3v) is 5.33. The lowest BCUT2D eigenvalue weighted by molar-refractivity contribution is -0.144. The molecule has 2 bridgehead atoms. The van der Waals surface area contributed by atoms with E-state index in [9.17, 15) is 14.7 Å². The highest BCUT2D eigenvalue weighted by atomic mass is 16.7. The van der Waals surface area contributed by atoms with Crippen molar-refractivity contribution in [2.45, 2.75) is 37.9 Å². The van der Waals surface area contributed by atoms with Crippen LogP contribution in [0.15, 0.2) is 24.5 Å². The second-order valence-corrected chi connectivity index (χ2v) is 6.73. The average Bonchev–Trinajstić information content (AvgIpc) is 2.89. The Kier molecular flexibility index (Phi) is 2.94. The Morgan fingerprint density at radius 1 is 1.57 bits per heavy atom. The molecule has 3 rings (SSSR count). The van der Waals surface area contributed by atoms with E-state index >= 15 is 0 Å². The highest BCUT2D eigenvalue weighted by Gasteiger charge is 2.73. The number of carbonyl (C=O) groups is 2. The lowest BCUT2D eigenvalue weighted by Crippen LogP contribution is -2.52. The lowest BCUT2D eigenvalue weighted by Gasteiger charge is -2.43. The zero-order valence-electron chi connectivity index (χ0n) is 12.3. The summed E-state index contributed by atoms with van der Waals surface area (Å²) < 4.78 is 11.2. The molecule has 0 unspecified atom stereocenters. The van der Waals surface area contributed by atoms with Crippen LogP contribution in [-0.4, -0.2) is 35.2 Å². The van der Waals surface area contributed by atoms with E-state index in [1.165, 1.54) is 6.08 Å². The van der Waals surface area contributed by atoms with Gasteiger partial charge in [0.2, 0.25) is 0 Å². The summed E-state index contributed by atoms with van der Waals surface area (Å²) in [5.41, 5.74) is -3.03. The first kappa shape index (κ1) is 14.5. The van der Waals surface area contributed by atoms with Gasteiger partial charge in [-0.1, -0.05) is 6.08 Å². The molecule has 1 N–H and O–H groups in total. The van der Waals surface area contributed by atoms with Gasteiger partial charge in [0.05, 0.1) is 16.9 Å². The number of ketones is 1. The first-order valence-corrected chi connectivity index (χ1v) is 7.15. The van der Waals surface area contributed by atoms with Crippen molar-refractivity contribution in [2.75, 3.05) is 6.79 Å². The number of fused-ring (bicyclic) bond motifs is 1. The molecule has 0 aromatic carbocycles. The fourth-order valence-electron chi connectivity index (χ4n) is 4.50. The summed E-state index contributed by atoms with van der Waals surface area (Å²) in [5.74, 6) is -0.813. The van der Waals surface area contributed by atoms with Crippen LogP contribution >= 0.6 is 0 Å². The van der Waals surface area contributed by atoms with Crippen LogP contribution in [0, 0.1) is 17.3 Å². The molecule has 1 saturated carbocycles. The largest absolute Gasteiger partial charge is 0.469 e. The summed E-state index contributed by atoms with van der Waals surface area (Å²) in [7, 11) is 0. The van der Waals surface area contributed by atoms with Gasteiger partial charge in [0.15, 0.2) is 12.6 Å². The Morgan fingerprint density at radius 2 is 2.29 bits per heavy atom. The van der Waals surface area contributed by atoms with Crippen molar-refractivity contribution >= 4 is 12.1 Å². The second kappa shape index (κ2) is 4.27. The minimum Gasteiger partial charge on any atom is -0.469 e. The van der Waals surface area contributed by atoms with E-state index in [4.69, 9.17) is 9.47 Å². The molecule has 5 heteroatoms. The van der Waals surface area contributed by atoms with Crippen molar-refractivity contribution < 1.29 is 24.2 Å². The topological polar surface area (TPSA) is 72.8 Å². The molecule has 1 heterocycles. The maximum Gasteiger partial charge on any atom is 0.189 e. The molecule has 1 spiro atoms. The summed E-state index contributed by atoms with van der Waals surface area (Å²) in [5, 5.41) is 10.6. The molecule has 0 amide bonds. The minimum atomic E-state index is -1.11. The highest BCUT2D eigenvalue weighted by molar-refractivity contribution is 6.01. The van der Waals surface area contributed by atoms with Crippen LogP contribution in [0.25, 0.3) is 0 Å². The molecule has 4 atom stereocenters. The van der Waals surface area contributed by atoms with Gasteiger partial charge >= 0.3 is 0 Å². The number of aldehydes is 1. The maximum atomic E-state index is 12.8. The van der Waals surface area contributed by atoms with Crippen molar-refractivity contribution in [1.29, 1.82) is 0 Å². The number of hydrogen-bond donors (Lipinski definition) is 1. The van der Waals surface area contributed by atoms with E-state index in [1.807, 2.05) is 0 Å². The zero-order chi connectivity index (χ0) is 15.5. The Hall–Kier alpha value is -1.46. The van der Waals surface area contributed by atoms with Crippen LogP contribution in [0.2, 0.25) is 0 Å². The first-order chi connectivity index (χ1) is 9.83. The number of carbonyl (C=O) groups excluding carboxylic acids is 2. The van der Waals surface area contributed by atoms with Crippen LogP contribution in [0.3, 0.4) is 0 Å². The maximum absolute atomic E-state index is 12.8. The second-order valence-electron chi connectivity index (χ2n) is 6.73. The van der Waals surface area contributed by atoms with Gasteiger partial charge in [0.25, 0.3) is 0 Å². The van der Waals surface area contributed by atoms with E-state index < -0.39 is 28.5 Å². The Labute approximate surface area is 123 Å².